The summed E-state index contributed by atoms with van der Waals surface area (Å²) in [5, 5.41) is 13.9. The monoisotopic (exact) mass is 504 g/mol. The number of hydrogen-bond donors (Lipinski definition) is 3. The number of piperidine rings is 1. The van der Waals surface area contributed by atoms with E-state index < -0.39 is 46.3 Å². The van der Waals surface area contributed by atoms with E-state index in [2.05, 4.69) is 5.32 Å². The number of ether oxygens (including phenoxy) is 1. The number of benzene rings is 2. The van der Waals surface area contributed by atoms with Crippen molar-refractivity contribution in [3.05, 3.63) is 70.8 Å². The van der Waals surface area contributed by atoms with Crippen molar-refractivity contribution in [1.82, 2.24) is 5.32 Å². The Labute approximate surface area is 200 Å². The highest BCUT2D eigenvalue weighted by Gasteiger charge is 2.48. The first-order valence-electron chi connectivity index (χ1n) is 11.2. The van der Waals surface area contributed by atoms with Gasteiger partial charge in [-0.25, -0.2) is 0 Å². The molecule has 1 aliphatic rings. The minimum Gasteiger partial charge on any atom is -0.389 e. The van der Waals surface area contributed by atoms with E-state index in [1.54, 1.807) is 13.8 Å². The molecule has 194 valence electrons. The molecule has 3 atom stereocenters. The van der Waals surface area contributed by atoms with Crippen LogP contribution in [-0.2, 0) is 22.6 Å². The second-order valence-corrected chi connectivity index (χ2v) is 9.81. The third-order valence-corrected chi connectivity index (χ3v) is 6.94. The summed E-state index contributed by atoms with van der Waals surface area (Å²) in [6.07, 6.45) is -10.1. The molecule has 4 N–H and O–H groups in total. The van der Waals surface area contributed by atoms with E-state index in [9.17, 15) is 31.4 Å². The van der Waals surface area contributed by atoms with Gasteiger partial charge in [-0.15, -0.1) is 0 Å². The van der Waals surface area contributed by atoms with E-state index in [0.29, 0.717) is 25.0 Å². The van der Waals surface area contributed by atoms with Crippen LogP contribution in [0.25, 0.3) is 0 Å². The number of nitrogens with two attached hydrogens (primary N) is 1. The van der Waals surface area contributed by atoms with Crippen LogP contribution in [0.4, 0.5) is 26.3 Å². The third kappa shape index (κ3) is 5.99. The maximum atomic E-state index is 13.3. The van der Waals surface area contributed by atoms with Crippen LogP contribution >= 0.6 is 0 Å². The van der Waals surface area contributed by atoms with Crippen LogP contribution < -0.4 is 11.1 Å². The molecule has 0 aromatic heterocycles. The van der Waals surface area contributed by atoms with E-state index >= 15 is 0 Å². The van der Waals surface area contributed by atoms with Crippen LogP contribution in [-0.4, -0.2) is 29.4 Å². The highest BCUT2D eigenvalue weighted by Crippen LogP contribution is 2.40. The van der Waals surface area contributed by atoms with Crippen molar-refractivity contribution in [2.75, 3.05) is 13.2 Å². The van der Waals surface area contributed by atoms with Gasteiger partial charge in [0.15, 0.2) is 0 Å². The lowest BCUT2D eigenvalue weighted by atomic mass is 9.71. The summed E-state index contributed by atoms with van der Waals surface area (Å²) in [6.45, 7) is 4.85. The Morgan fingerprint density at radius 2 is 1.51 bits per heavy atom. The van der Waals surface area contributed by atoms with Gasteiger partial charge in [-0.05, 0) is 62.9 Å². The van der Waals surface area contributed by atoms with Gasteiger partial charge >= 0.3 is 12.4 Å². The molecule has 2 aromatic carbocycles. The highest BCUT2D eigenvalue weighted by molar-refractivity contribution is 5.35. The largest absolute Gasteiger partial charge is 0.416 e. The van der Waals surface area contributed by atoms with E-state index in [4.69, 9.17) is 10.5 Å². The Kier molecular flexibility index (Phi) is 7.36. The molecule has 4 nitrogen and oxygen atoms in total. The Morgan fingerprint density at radius 3 is 1.94 bits per heavy atom. The standard InChI is InChI=1S/C25H30F6N2O2/c1-16(17-11-19(24(26,27)28)13-20(12-17)25(29,30)31)35-15-22(18-7-5-4-6-8-18)9-10-23(32,14-33-22)21(2,3)34/h4-8,11-13,16,33-34H,9-10,14-15,32H2,1-3H3/t16-,22-,23+/m1/s1. The molecule has 1 heterocycles. The second-order valence-electron chi connectivity index (χ2n) is 9.81. The van der Waals surface area contributed by atoms with Gasteiger partial charge in [0, 0.05) is 6.54 Å². The van der Waals surface area contributed by atoms with Gasteiger partial charge in [0.25, 0.3) is 0 Å². The second kappa shape index (κ2) is 9.38. The van der Waals surface area contributed by atoms with E-state index in [-0.39, 0.29) is 24.8 Å². The first kappa shape index (κ1) is 27.4. The molecular formula is C25H30F6N2O2. The summed E-state index contributed by atoms with van der Waals surface area (Å²) in [6, 6.07) is 10.7. The fraction of sp³-hybridized carbons (Fsp3) is 0.520. The first-order chi connectivity index (χ1) is 16.0. The van der Waals surface area contributed by atoms with E-state index in [0.717, 1.165) is 5.56 Å². The molecule has 0 amide bonds. The molecule has 2 aromatic rings. The van der Waals surface area contributed by atoms with Gasteiger partial charge in [0.1, 0.15) is 0 Å². The predicted molar refractivity (Wildman–Crippen MR) is 119 cm³/mol. The number of rotatable bonds is 6. The molecule has 1 saturated heterocycles. The lowest BCUT2D eigenvalue weighted by Gasteiger charge is -2.50. The van der Waals surface area contributed by atoms with Crippen molar-refractivity contribution in [2.45, 2.75) is 68.7 Å². The minimum atomic E-state index is -4.94. The molecule has 0 spiro atoms. The van der Waals surface area contributed by atoms with Gasteiger partial charge < -0.3 is 20.9 Å². The molecule has 0 saturated carbocycles. The Morgan fingerprint density at radius 1 is 0.971 bits per heavy atom. The predicted octanol–water partition coefficient (Wildman–Crippen LogP) is 5.55. The highest BCUT2D eigenvalue weighted by atomic mass is 19.4. The van der Waals surface area contributed by atoms with Crippen LogP contribution in [0.3, 0.4) is 0 Å². The minimum absolute atomic E-state index is 0.0300. The third-order valence-electron chi connectivity index (χ3n) is 6.94. The smallest absolute Gasteiger partial charge is 0.389 e. The lowest BCUT2D eigenvalue weighted by molar-refractivity contribution is -0.143. The molecule has 0 unspecified atom stereocenters. The first-order valence-corrected chi connectivity index (χ1v) is 11.2. The van der Waals surface area contributed by atoms with Crippen molar-refractivity contribution in [2.24, 2.45) is 5.73 Å². The Balaban J connectivity index is 1.89. The molecule has 35 heavy (non-hydrogen) atoms. The normalized spacial score (nSPS) is 24.9. The summed E-state index contributed by atoms with van der Waals surface area (Å²) in [5.74, 6) is 0. The van der Waals surface area contributed by atoms with Crippen LogP contribution in [0.2, 0.25) is 0 Å². The molecular weight excluding hydrogens is 474 g/mol. The SMILES string of the molecule is C[C@@H](OC[C@@]1(c2ccccc2)CC[C@@](N)(C(C)(C)O)CN1)c1cc(C(F)(F)F)cc(C(F)(F)F)c1. The molecule has 0 bridgehead atoms. The molecule has 0 aliphatic carbocycles. The summed E-state index contributed by atoms with van der Waals surface area (Å²) in [5.41, 5.74) is 1.37. The fourth-order valence-electron chi connectivity index (χ4n) is 4.25. The topological polar surface area (TPSA) is 67.5 Å². The summed E-state index contributed by atoms with van der Waals surface area (Å²) < 4.78 is 85.6. The summed E-state index contributed by atoms with van der Waals surface area (Å²) in [7, 11) is 0. The average molecular weight is 505 g/mol. The molecule has 1 aliphatic heterocycles. The summed E-state index contributed by atoms with van der Waals surface area (Å²) >= 11 is 0. The molecule has 3 rings (SSSR count). The molecule has 10 heteroatoms. The van der Waals surface area contributed by atoms with Crippen molar-refractivity contribution < 1.29 is 36.2 Å². The van der Waals surface area contributed by atoms with Crippen molar-refractivity contribution in [3.63, 3.8) is 0 Å². The van der Waals surface area contributed by atoms with Gasteiger partial charge in [-0.1, -0.05) is 30.3 Å². The average Bonchev–Trinajstić information content (AvgIpc) is 2.77. The van der Waals surface area contributed by atoms with E-state index in [1.807, 2.05) is 30.3 Å². The number of halogens is 6. The van der Waals surface area contributed by atoms with Gasteiger partial charge in [-0.2, -0.15) is 26.3 Å². The zero-order valence-electron chi connectivity index (χ0n) is 19.7. The van der Waals surface area contributed by atoms with E-state index in [1.165, 1.54) is 6.92 Å². The van der Waals surface area contributed by atoms with Gasteiger partial charge in [-0.3, -0.25) is 0 Å². The van der Waals surface area contributed by atoms with Gasteiger partial charge in [0.2, 0.25) is 0 Å². The van der Waals surface area contributed by atoms with Crippen LogP contribution in [0, 0.1) is 0 Å². The van der Waals surface area contributed by atoms with Crippen molar-refractivity contribution in [3.8, 4) is 0 Å². The number of aliphatic hydroxyl groups is 1. The maximum Gasteiger partial charge on any atom is 0.416 e. The van der Waals surface area contributed by atoms with Crippen LogP contribution in [0.5, 0.6) is 0 Å². The number of hydrogen-bond acceptors (Lipinski definition) is 4. The van der Waals surface area contributed by atoms with Crippen LogP contribution in [0.1, 0.15) is 62.0 Å². The number of nitrogens with one attached hydrogen (secondary N) is 1. The summed E-state index contributed by atoms with van der Waals surface area (Å²) in [4.78, 5) is 0. The van der Waals surface area contributed by atoms with Gasteiger partial charge in [0.05, 0.1) is 40.5 Å². The maximum absolute atomic E-state index is 13.3. The molecule has 1 fully saturated rings. The molecule has 0 radical (unpaired) electrons. The van der Waals surface area contributed by atoms with Crippen molar-refractivity contribution in [1.29, 1.82) is 0 Å². The lowest BCUT2D eigenvalue weighted by Crippen LogP contribution is -2.69. The zero-order valence-corrected chi connectivity index (χ0v) is 19.7. The quantitative estimate of drug-likeness (QED) is 0.452. The van der Waals surface area contributed by atoms with Crippen molar-refractivity contribution >= 4 is 0 Å². The Hall–Kier alpha value is -2.14. The fourth-order valence-corrected chi connectivity index (χ4v) is 4.25. The number of alkyl halides is 6. The zero-order chi connectivity index (χ0) is 26.3. The Bertz CT molecular complexity index is 975. The van der Waals surface area contributed by atoms with Crippen LogP contribution in [0.15, 0.2) is 48.5 Å².